The van der Waals surface area contributed by atoms with Crippen molar-refractivity contribution in [2.45, 2.75) is 13.1 Å². The Bertz CT molecular complexity index is 666. The SMILES string of the molecule is Cc1ccnc(Nc2ccc(C(F)(F)F)cc2)c1C(N)=S. The monoisotopic (exact) mass is 311 g/mol. The number of hydrogen-bond donors (Lipinski definition) is 2. The van der Waals surface area contributed by atoms with Crippen LogP contribution in [0.15, 0.2) is 36.5 Å². The van der Waals surface area contributed by atoms with Crippen LogP contribution in [-0.4, -0.2) is 9.97 Å². The van der Waals surface area contributed by atoms with E-state index in [0.29, 0.717) is 17.1 Å². The van der Waals surface area contributed by atoms with Gasteiger partial charge in [0.1, 0.15) is 10.8 Å². The van der Waals surface area contributed by atoms with Crippen molar-refractivity contribution in [3.05, 3.63) is 53.2 Å². The molecule has 3 nitrogen and oxygen atoms in total. The average Bonchev–Trinajstić information content (AvgIpc) is 2.38. The summed E-state index contributed by atoms with van der Waals surface area (Å²) >= 11 is 4.97. The van der Waals surface area contributed by atoms with Crippen molar-refractivity contribution in [1.29, 1.82) is 0 Å². The number of nitrogens with two attached hydrogens (primary N) is 1. The molecule has 0 saturated carbocycles. The summed E-state index contributed by atoms with van der Waals surface area (Å²) in [7, 11) is 0. The minimum Gasteiger partial charge on any atom is -0.389 e. The number of thiocarbonyl (C=S) groups is 1. The van der Waals surface area contributed by atoms with Gasteiger partial charge in [0.05, 0.1) is 11.1 Å². The van der Waals surface area contributed by atoms with E-state index in [2.05, 4.69) is 10.3 Å². The van der Waals surface area contributed by atoms with Crippen molar-refractivity contribution in [2.24, 2.45) is 5.73 Å². The van der Waals surface area contributed by atoms with Gasteiger partial charge in [0.2, 0.25) is 0 Å². The second kappa shape index (κ2) is 5.69. The molecule has 0 amide bonds. The summed E-state index contributed by atoms with van der Waals surface area (Å²) in [4.78, 5) is 4.30. The molecule has 7 heteroatoms. The molecule has 1 aromatic carbocycles. The quantitative estimate of drug-likeness (QED) is 0.847. The lowest BCUT2D eigenvalue weighted by atomic mass is 10.1. The lowest BCUT2D eigenvalue weighted by molar-refractivity contribution is -0.137. The van der Waals surface area contributed by atoms with Gasteiger partial charge >= 0.3 is 6.18 Å². The number of alkyl halides is 3. The fourth-order valence-electron chi connectivity index (χ4n) is 1.84. The van der Waals surface area contributed by atoms with Crippen LogP contribution >= 0.6 is 12.2 Å². The van der Waals surface area contributed by atoms with Gasteiger partial charge in [-0.15, -0.1) is 0 Å². The Morgan fingerprint density at radius 2 is 1.81 bits per heavy atom. The largest absolute Gasteiger partial charge is 0.416 e. The molecule has 1 heterocycles. The number of pyridine rings is 1. The highest BCUT2D eigenvalue weighted by Gasteiger charge is 2.29. The number of benzene rings is 1. The summed E-state index contributed by atoms with van der Waals surface area (Å²) in [5, 5.41) is 2.93. The van der Waals surface area contributed by atoms with Crippen molar-refractivity contribution < 1.29 is 13.2 Å². The first-order chi connectivity index (χ1) is 9.79. The Labute approximate surface area is 125 Å². The molecule has 0 saturated heterocycles. The van der Waals surface area contributed by atoms with Crippen molar-refractivity contribution >= 4 is 28.7 Å². The van der Waals surface area contributed by atoms with Crippen LogP contribution in [0.25, 0.3) is 0 Å². The van der Waals surface area contributed by atoms with Crippen LogP contribution in [0.2, 0.25) is 0 Å². The zero-order valence-corrected chi connectivity index (χ0v) is 11.8. The molecule has 21 heavy (non-hydrogen) atoms. The van der Waals surface area contributed by atoms with Crippen molar-refractivity contribution in [2.75, 3.05) is 5.32 Å². The molecule has 0 aliphatic rings. The molecular formula is C14H12F3N3S. The molecule has 0 spiro atoms. The molecule has 2 rings (SSSR count). The van der Waals surface area contributed by atoms with Crippen LogP contribution in [0.5, 0.6) is 0 Å². The molecule has 3 N–H and O–H groups in total. The zero-order valence-electron chi connectivity index (χ0n) is 11.0. The second-order valence-corrected chi connectivity index (χ2v) is 4.86. The Kier molecular flexibility index (Phi) is 4.13. The Morgan fingerprint density at radius 3 is 2.33 bits per heavy atom. The van der Waals surface area contributed by atoms with E-state index in [1.54, 1.807) is 12.3 Å². The predicted octanol–water partition coefficient (Wildman–Crippen LogP) is 3.79. The van der Waals surface area contributed by atoms with Crippen molar-refractivity contribution in [3.8, 4) is 0 Å². The van der Waals surface area contributed by atoms with Gasteiger partial charge in [-0.2, -0.15) is 13.2 Å². The summed E-state index contributed by atoms with van der Waals surface area (Å²) in [5.41, 5.74) is 6.83. The summed E-state index contributed by atoms with van der Waals surface area (Å²) < 4.78 is 37.5. The van der Waals surface area contributed by atoms with Crippen LogP contribution in [0.4, 0.5) is 24.7 Å². The molecule has 0 radical (unpaired) electrons. The molecule has 0 aliphatic carbocycles. The minimum absolute atomic E-state index is 0.176. The number of anilines is 2. The van der Waals surface area contributed by atoms with Gasteiger partial charge in [0.15, 0.2) is 0 Å². The van der Waals surface area contributed by atoms with E-state index in [0.717, 1.165) is 17.7 Å². The number of hydrogen-bond acceptors (Lipinski definition) is 3. The first-order valence-electron chi connectivity index (χ1n) is 5.98. The average molecular weight is 311 g/mol. The second-order valence-electron chi connectivity index (χ2n) is 4.42. The van der Waals surface area contributed by atoms with E-state index in [9.17, 15) is 13.2 Å². The summed E-state index contributed by atoms with van der Waals surface area (Å²) in [6.07, 6.45) is -2.78. The minimum atomic E-state index is -4.36. The highest BCUT2D eigenvalue weighted by atomic mass is 32.1. The van der Waals surface area contributed by atoms with Gasteiger partial charge in [-0.3, -0.25) is 0 Å². The number of nitrogens with one attached hydrogen (secondary N) is 1. The van der Waals surface area contributed by atoms with Gasteiger partial charge in [-0.1, -0.05) is 12.2 Å². The fraction of sp³-hybridized carbons (Fsp3) is 0.143. The van der Waals surface area contributed by atoms with Crippen LogP contribution < -0.4 is 11.1 Å². The van der Waals surface area contributed by atoms with Crippen LogP contribution in [-0.2, 0) is 6.18 Å². The van der Waals surface area contributed by atoms with Gasteiger partial charge in [-0.05, 0) is 42.8 Å². The zero-order chi connectivity index (χ0) is 15.6. The smallest absolute Gasteiger partial charge is 0.389 e. The fourth-order valence-corrected chi connectivity index (χ4v) is 2.10. The Morgan fingerprint density at radius 1 is 1.19 bits per heavy atom. The number of aromatic nitrogens is 1. The first kappa shape index (κ1) is 15.2. The molecule has 1 aromatic heterocycles. The summed E-state index contributed by atoms with van der Waals surface area (Å²) in [6.45, 7) is 1.83. The molecule has 0 aliphatic heterocycles. The third-order valence-electron chi connectivity index (χ3n) is 2.88. The lowest BCUT2D eigenvalue weighted by Gasteiger charge is -2.13. The molecule has 0 atom stereocenters. The van der Waals surface area contributed by atoms with E-state index >= 15 is 0 Å². The maximum atomic E-state index is 12.5. The first-order valence-corrected chi connectivity index (χ1v) is 6.39. The number of rotatable bonds is 3. The highest BCUT2D eigenvalue weighted by molar-refractivity contribution is 7.80. The van der Waals surface area contributed by atoms with Crippen molar-refractivity contribution in [1.82, 2.24) is 4.98 Å². The molecule has 0 fully saturated rings. The van der Waals surface area contributed by atoms with Crippen LogP contribution in [0.1, 0.15) is 16.7 Å². The topological polar surface area (TPSA) is 50.9 Å². The van der Waals surface area contributed by atoms with Crippen molar-refractivity contribution in [3.63, 3.8) is 0 Å². The summed E-state index contributed by atoms with van der Waals surface area (Å²) in [5.74, 6) is 0.419. The van der Waals surface area contributed by atoms with Gasteiger partial charge in [0, 0.05) is 11.9 Å². The maximum Gasteiger partial charge on any atom is 0.416 e. The van der Waals surface area contributed by atoms with E-state index in [1.807, 2.05) is 6.92 Å². The molecule has 0 bridgehead atoms. The maximum absolute atomic E-state index is 12.5. The Hall–Kier alpha value is -2.15. The third-order valence-corrected chi connectivity index (χ3v) is 3.08. The summed E-state index contributed by atoms with van der Waals surface area (Å²) in [6, 6.07) is 6.41. The van der Waals surface area contributed by atoms with E-state index < -0.39 is 11.7 Å². The standard InChI is InChI=1S/C14H12F3N3S/c1-8-6-7-19-13(11(8)12(18)21)20-10-4-2-9(3-5-10)14(15,16)17/h2-7H,1H3,(H2,18,21)(H,19,20). The number of aryl methyl sites for hydroxylation is 1. The van der Waals surface area contributed by atoms with Gasteiger partial charge < -0.3 is 11.1 Å². The highest BCUT2D eigenvalue weighted by Crippen LogP contribution is 2.30. The predicted molar refractivity (Wildman–Crippen MR) is 79.6 cm³/mol. The van der Waals surface area contributed by atoms with Crippen LogP contribution in [0, 0.1) is 6.92 Å². The molecular weight excluding hydrogens is 299 g/mol. The lowest BCUT2D eigenvalue weighted by Crippen LogP contribution is -2.14. The normalized spacial score (nSPS) is 11.2. The number of halogens is 3. The van der Waals surface area contributed by atoms with Gasteiger partial charge in [0.25, 0.3) is 0 Å². The third kappa shape index (κ3) is 3.49. The van der Waals surface area contributed by atoms with Gasteiger partial charge in [-0.25, -0.2) is 4.98 Å². The Balaban J connectivity index is 2.31. The van der Waals surface area contributed by atoms with Crippen LogP contribution in [0.3, 0.4) is 0 Å². The molecule has 0 unspecified atom stereocenters. The van der Waals surface area contributed by atoms with E-state index in [4.69, 9.17) is 18.0 Å². The molecule has 110 valence electrons. The van der Waals surface area contributed by atoms with E-state index in [-0.39, 0.29) is 4.99 Å². The van der Waals surface area contributed by atoms with E-state index in [1.165, 1.54) is 12.1 Å². The molecule has 2 aromatic rings. The number of nitrogens with zero attached hydrogens (tertiary/aromatic N) is 1.